The van der Waals surface area contributed by atoms with Crippen LogP contribution in [-0.2, 0) is 6.54 Å². The van der Waals surface area contributed by atoms with Gasteiger partial charge in [-0.05, 0) is 43.8 Å². The second-order valence-electron chi connectivity index (χ2n) is 4.21. The third kappa shape index (κ3) is 2.38. The number of aromatic nitrogens is 1. The van der Waals surface area contributed by atoms with E-state index in [1.54, 1.807) is 6.07 Å². The molecule has 18 heavy (non-hydrogen) atoms. The maximum atomic E-state index is 13.6. The molecule has 0 bridgehead atoms. The van der Waals surface area contributed by atoms with Gasteiger partial charge in [-0.2, -0.15) is 0 Å². The van der Waals surface area contributed by atoms with Crippen LogP contribution in [0.25, 0.3) is 11.3 Å². The number of nitrogens with one attached hydrogen (secondary N) is 2. The average molecular weight is 248 g/mol. The van der Waals surface area contributed by atoms with Crippen molar-refractivity contribution in [3.63, 3.8) is 0 Å². The zero-order chi connectivity index (χ0) is 13.1. The number of H-pyrrole nitrogens is 1. The second kappa shape index (κ2) is 5.23. The molecule has 0 saturated heterocycles. The molecule has 0 saturated carbocycles. The van der Waals surface area contributed by atoms with Gasteiger partial charge in [0.25, 0.3) is 0 Å². The Bertz CT molecular complexity index is 549. The lowest BCUT2D eigenvalue weighted by atomic mass is 10.1. The Morgan fingerprint density at radius 3 is 2.72 bits per heavy atom. The van der Waals surface area contributed by atoms with Gasteiger partial charge in [0.1, 0.15) is 0 Å². The molecule has 0 fully saturated rings. The van der Waals surface area contributed by atoms with Gasteiger partial charge in [0.15, 0.2) is 11.6 Å². The van der Waals surface area contributed by atoms with Crippen LogP contribution >= 0.6 is 0 Å². The molecular weight excluding hydrogens is 231 g/mol. The number of halogens is 1. The minimum absolute atomic E-state index is 0.262. The van der Waals surface area contributed by atoms with Crippen LogP contribution < -0.4 is 10.1 Å². The number of ether oxygens (including phenoxy) is 1. The highest BCUT2D eigenvalue weighted by molar-refractivity contribution is 5.62. The molecule has 0 radical (unpaired) electrons. The topological polar surface area (TPSA) is 37.0 Å². The Morgan fingerprint density at radius 2 is 2.11 bits per heavy atom. The van der Waals surface area contributed by atoms with Crippen molar-refractivity contribution in [3.05, 3.63) is 41.3 Å². The number of aromatic amines is 1. The molecule has 4 heteroatoms. The van der Waals surface area contributed by atoms with Crippen molar-refractivity contribution in [2.45, 2.75) is 13.5 Å². The molecule has 1 heterocycles. The minimum Gasteiger partial charge on any atom is -0.494 e. The molecule has 3 nitrogen and oxygen atoms in total. The molecule has 0 aliphatic carbocycles. The van der Waals surface area contributed by atoms with Crippen molar-refractivity contribution in [2.75, 3.05) is 14.2 Å². The summed E-state index contributed by atoms with van der Waals surface area (Å²) in [6.07, 6.45) is 0. The number of rotatable bonds is 4. The maximum absolute atomic E-state index is 13.6. The summed E-state index contributed by atoms with van der Waals surface area (Å²) in [5.41, 5.74) is 4.01. The number of methoxy groups -OCH3 is 1. The summed E-state index contributed by atoms with van der Waals surface area (Å²) in [5, 5.41) is 3.11. The molecule has 1 aromatic heterocycles. The van der Waals surface area contributed by atoms with Gasteiger partial charge in [-0.25, -0.2) is 4.39 Å². The predicted octanol–water partition coefficient (Wildman–Crippen LogP) is 2.86. The number of benzene rings is 1. The molecule has 0 amide bonds. The Kier molecular flexibility index (Phi) is 3.67. The van der Waals surface area contributed by atoms with E-state index in [0.717, 1.165) is 23.5 Å². The summed E-state index contributed by atoms with van der Waals surface area (Å²) < 4.78 is 18.5. The summed E-state index contributed by atoms with van der Waals surface area (Å²) in [6.45, 7) is 2.80. The highest BCUT2D eigenvalue weighted by Gasteiger charge is 2.09. The molecule has 2 rings (SSSR count). The molecule has 0 atom stereocenters. The summed E-state index contributed by atoms with van der Waals surface area (Å²) in [7, 11) is 3.36. The van der Waals surface area contributed by atoms with Crippen molar-refractivity contribution in [2.24, 2.45) is 0 Å². The van der Waals surface area contributed by atoms with E-state index in [-0.39, 0.29) is 11.6 Å². The van der Waals surface area contributed by atoms with Gasteiger partial charge in [-0.3, -0.25) is 0 Å². The SMILES string of the molecule is CNCc1cc(-c2ccc(OC)c(F)c2)[nH]c1C. The van der Waals surface area contributed by atoms with Crippen LogP contribution in [0.1, 0.15) is 11.3 Å². The highest BCUT2D eigenvalue weighted by atomic mass is 19.1. The zero-order valence-electron chi connectivity index (χ0n) is 10.8. The van der Waals surface area contributed by atoms with E-state index in [4.69, 9.17) is 4.74 Å². The van der Waals surface area contributed by atoms with Gasteiger partial charge in [0.05, 0.1) is 7.11 Å². The molecule has 0 spiro atoms. The molecule has 2 aromatic rings. The van der Waals surface area contributed by atoms with Gasteiger partial charge in [0, 0.05) is 23.5 Å². The fourth-order valence-electron chi connectivity index (χ4n) is 1.96. The lowest BCUT2D eigenvalue weighted by Gasteiger charge is -2.03. The molecule has 2 N–H and O–H groups in total. The zero-order valence-corrected chi connectivity index (χ0v) is 10.8. The van der Waals surface area contributed by atoms with E-state index in [0.29, 0.717) is 0 Å². The van der Waals surface area contributed by atoms with Gasteiger partial charge >= 0.3 is 0 Å². The molecule has 0 unspecified atom stereocenters. The predicted molar refractivity (Wildman–Crippen MR) is 70.2 cm³/mol. The fourth-order valence-corrected chi connectivity index (χ4v) is 1.96. The maximum Gasteiger partial charge on any atom is 0.165 e. The first-order valence-corrected chi connectivity index (χ1v) is 5.82. The van der Waals surface area contributed by atoms with E-state index in [1.165, 1.54) is 18.7 Å². The van der Waals surface area contributed by atoms with Crippen LogP contribution in [0.5, 0.6) is 5.75 Å². The Labute approximate surface area is 106 Å². The van der Waals surface area contributed by atoms with Gasteiger partial charge < -0.3 is 15.0 Å². The van der Waals surface area contributed by atoms with E-state index in [9.17, 15) is 4.39 Å². The van der Waals surface area contributed by atoms with Gasteiger partial charge in [-0.1, -0.05) is 0 Å². The van der Waals surface area contributed by atoms with Crippen molar-refractivity contribution >= 4 is 0 Å². The summed E-state index contributed by atoms with van der Waals surface area (Å²) in [6, 6.07) is 7.00. The monoisotopic (exact) mass is 248 g/mol. The summed E-state index contributed by atoms with van der Waals surface area (Å²) >= 11 is 0. The third-order valence-corrected chi connectivity index (χ3v) is 2.95. The van der Waals surface area contributed by atoms with Crippen molar-refractivity contribution in [1.82, 2.24) is 10.3 Å². The average Bonchev–Trinajstić information content (AvgIpc) is 2.71. The van der Waals surface area contributed by atoms with Gasteiger partial charge in [-0.15, -0.1) is 0 Å². The highest BCUT2D eigenvalue weighted by Crippen LogP contribution is 2.26. The molecule has 96 valence electrons. The smallest absolute Gasteiger partial charge is 0.165 e. The normalized spacial score (nSPS) is 10.7. The quantitative estimate of drug-likeness (QED) is 0.873. The standard InChI is InChI=1S/C14H17FN2O/c1-9-11(8-16-2)7-13(17-9)10-4-5-14(18-3)12(15)6-10/h4-7,16-17H,8H2,1-3H3. The third-order valence-electron chi connectivity index (χ3n) is 2.95. The molecular formula is C14H17FN2O. The van der Waals surface area contributed by atoms with Gasteiger partial charge in [0.2, 0.25) is 0 Å². The first-order chi connectivity index (χ1) is 8.65. The minimum atomic E-state index is -0.350. The molecule has 1 aromatic carbocycles. The van der Waals surface area contributed by atoms with E-state index in [1.807, 2.05) is 26.1 Å². The van der Waals surface area contributed by atoms with E-state index >= 15 is 0 Å². The molecule has 0 aliphatic rings. The molecule has 0 aliphatic heterocycles. The lowest BCUT2D eigenvalue weighted by molar-refractivity contribution is 0.386. The first kappa shape index (κ1) is 12.6. The van der Waals surface area contributed by atoms with Crippen molar-refractivity contribution in [1.29, 1.82) is 0 Å². The number of hydrogen-bond acceptors (Lipinski definition) is 2. The number of hydrogen-bond donors (Lipinski definition) is 2. The number of aryl methyl sites for hydroxylation is 1. The van der Waals surface area contributed by atoms with Crippen molar-refractivity contribution < 1.29 is 9.13 Å². The van der Waals surface area contributed by atoms with E-state index in [2.05, 4.69) is 10.3 Å². The van der Waals surface area contributed by atoms with Crippen LogP contribution in [0, 0.1) is 12.7 Å². The van der Waals surface area contributed by atoms with Crippen LogP contribution in [0.4, 0.5) is 4.39 Å². The largest absolute Gasteiger partial charge is 0.494 e. The van der Waals surface area contributed by atoms with Crippen LogP contribution in [0.15, 0.2) is 24.3 Å². The lowest BCUT2D eigenvalue weighted by Crippen LogP contribution is -2.04. The van der Waals surface area contributed by atoms with Crippen LogP contribution in [-0.4, -0.2) is 19.1 Å². The Morgan fingerprint density at radius 1 is 1.33 bits per heavy atom. The van der Waals surface area contributed by atoms with Crippen molar-refractivity contribution in [3.8, 4) is 17.0 Å². The second-order valence-corrected chi connectivity index (χ2v) is 4.21. The summed E-state index contributed by atoms with van der Waals surface area (Å²) in [5.74, 6) is -0.0881. The van der Waals surface area contributed by atoms with Crippen LogP contribution in [0.2, 0.25) is 0 Å². The van der Waals surface area contributed by atoms with E-state index < -0.39 is 0 Å². The fraction of sp³-hybridized carbons (Fsp3) is 0.286. The van der Waals surface area contributed by atoms with Crippen LogP contribution in [0.3, 0.4) is 0 Å². The Hall–Kier alpha value is -1.81. The first-order valence-electron chi connectivity index (χ1n) is 5.82. The summed E-state index contributed by atoms with van der Waals surface area (Å²) in [4.78, 5) is 3.26. The Balaban J connectivity index is 2.36.